The summed E-state index contributed by atoms with van der Waals surface area (Å²) >= 11 is 0. The maximum Gasteiger partial charge on any atom is 0.234 e. The van der Waals surface area contributed by atoms with Gasteiger partial charge in [0.25, 0.3) is 0 Å². The molecule has 0 saturated heterocycles. The molecule has 4 nitrogen and oxygen atoms in total. The Hall–Kier alpha value is -2.33. The van der Waals surface area contributed by atoms with Gasteiger partial charge < -0.3 is 10.1 Å². The van der Waals surface area contributed by atoms with Crippen LogP contribution in [0, 0.1) is 6.92 Å². The minimum absolute atomic E-state index is 0.0842. The number of benzene rings is 2. The molecule has 0 spiro atoms. The molecule has 0 aromatic heterocycles. The molecule has 0 atom stereocenters. The third kappa shape index (κ3) is 5.33. The van der Waals surface area contributed by atoms with Gasteiger partial charge in [-0.1, -0.05) is 42.0 Å². The summed E-state index contributed by atoms with van der Waals surface area (Å²) in [5.74, 6) is 0.943. The van der Waals surface area contributed by atoms with Crippen LogP contribution >= 0.6 is 0 Å². The Morgan fingerprint density at radius 3 is 2.32 bits per heavy atom. The predicted octanol–water partition coefficient (Wildman–Crippen LogP) is 3.28. The summed E-state index contributed by atoms with van der Waals surface area (Å²) in [5.41, 5.74) is 3.57. The summed E-state index contributed by atoms with van der Waals surface area (Å²) in [6, 6.07) is 16.9. The first-order valence-corrected chi connectivity index (χ1v) is 8.83. The Balaban J connectivity index is 1.52. The largest absolute Gasteiger partial charge is 0.497 e. The van der Waals surface area contributed by atoms with E-state index in [9.17, 15) is 4.79 Å². The van der Waals surface area contributed by atoms with E-state index in [1.807, 2.05) is 12.1 Å². The normalized spacial score (nSPS) is 13.7. The molecule has 0 heterocycles. The van der Waals surface area contributed by atoms with Gasteiger partial charge in [0, 0.05) is 19.1 Å². The number of hydrogen-bond donors (Lipinski definition) is 1. The van der Waals surface area contributed by atoms with Crippen molar-refractivity contribution >= 4 is 5.91 Å². The Kier molecular flexibility index (Phi) is 5.71. The lowest BCUT2D eigenvalue weighted by atomic mass is 10.1. The topological polar surface area (TPSA) is 41.6 Å². The molecule has 3 rings (SSSR count). The Labute approximate surface area is 149 Å². The molecule has 1 aliphatic carbocycles. The highest BCUT2D eigenvalue weighted by molar-refractivity contribution is 5.78. The minimum atomic E-state index is 0.0842. The van der Waals surface area contributed by atoms with Crippen LogP contribution in [0.4, 0.5) is 0 Å². The van der Waals surface area contributed by atoms with Crippen LogP contribution in [-0.4, -0.2) is 30.5 Å². The number of methoxy groups -OCH3 is 1. The van der Waals surface area contributed by atoms with Crippen molar-refractivity contribution < 1.29 is 9.53 Å². The number of hydrogen-bond acceptors (Lipinski definition) is 3. The van der Waals surface area contributed by atoms with Gasteiger partial charge in [-0.2, -0.15) is 0 Å². The zero-order chi connectivity index (χ0) is 17.6. The first kappa shape index (κ1) is 17.5. The Morgan fingerprint density at radius 1 is 1.08 bits per heavy atom. The van der Waals surface area contributed by atoms with Crippen LogP contribution in [0.25, 0.3) is 0 Å². The minimum Gasteiger partial charge on any atom is -0.497 e. The van der Waals surface area contributed by atoms with Gasteiger partial charge >= 0.3 is 0 Å². The predicted molar refractivity (Wildman–Crippen MR) is 99.5 cm³/mol. The van der Waals surface area contributed by atoms with Crippen LogP contribution in [0.2, 0.25) is 0 Å². The molecule has 0 aliphatic heterocycles. The van der Waals surface area contributed by atoms with Gasteiger partial charge in [-0.25, -0.2) is 0 Å². The number of carbonyl (C=O) groups is 1. The lowest BCUT2D eigenvalue weighted by Gasteiger charge is -2.21. The van der Waals surface area contributed by atoms with Crippen LogP contribution in [0.3, 0.4) is 0 Å². The fraction of sp³-hybridized carbons (Fsp3) is 0.381. The van der Waals surface area contributed by atoms with E-state index in [2.05, 4.69) is 53.5 Å². The third-order valence-electron chi connectivity index (χ3n) is 4.56. The summed E-state index contributed by atoms with van der Waals surface area (Å²) in [7, 11) is 1.67. The van der Waals surface area contributed by atoms with E-state index in [4.69, 9.17) is 4.74 Å². The standard InChI is InChI=1S/C21H26N2O2/c1-16-3-5-17(6-4-16)13-22-21(24)15-23(19-9-10-19)14-18-7-11-20(25-2)12-8-18/h3-8,11-12,19H,9-10,13-15H2,1-2H3,(H,22,24). The van der Waals surface area contributed by atoms with Gasteiger partial charge in [-0.05, 0) is 43.0 Å². The van der Waals surface area contributed by atoms with Crippen molar-refractivity contribution in [1.82, 2.24) is 10.2 Å². The molecule has 2 aromatic carbocycles. The first-order valence-electron chi connectivity index (χ1n) is 8.83. The Morgan fingerprint density at radius 2 is 1.72 bits per heavy atom. The highest BCUT2D eigenvalue weighted by Crippen LogP contribution is 2.28. The van der Waals surface area contributed by atoms with Crippen LogP contribution in [0.5, 0.6) is 5.75 Å². The smallest absolute Gasteiger partial charge is 0.234 e. The molecule has 1 fully saturated rings. The quantitative estimate of drug-likeness (QED) is 0.803. The van der Waals surface area contributed by atoms with Crippen molar-refractivity contribution in [2.45, 2.75) is 38.9 Å². The van der Waals surface area contributed by atoms with Gasteiger partial charge in [-0.3, -0.25) is 9.69 Å². The van der Waals surface area contributed by atoms with E-state index >= 15 is 0 Å². The number of rotatable bonds is 8. The van der Waals surface area contributed by atoms with Gasteiger partial charge in [0.05, 0.1) is 13.7 Å². The number of aryl methyl sites for hydroxylation is 1. The van der Waals surface area contributed by atoms with Crippen molar-refractivity contribution in [3.8, 4) is 5.75 Å². The summed E-state index contributed by atoms with van der Waals surface area (Å²) < 4.78 is 5.20. The van der Waals surface area contributed by atoms with Gasteiger partial charge in [0.15, 0.2) is 0 Å². The zero-order valence-corrected chi connectivity index (χ0v) is 15.0. The maximum absolute atomic E-state index is 12.3. The molecule has 1 aliphatic rings. The van der Waals surface area contributed by atoms with E-state index in [0.717, 1.165) is 17.9 Å². The number of nitrogens with one attached hydrogen (secondary N) is 1. The van der Waals surface area contributed by atoms with Crippen LogP contribution in [0.1, 0.15) is 29.5 Å². The monoisotopic (exact) mass is 338 g/mol. The first-order chi connectivity index (χ1) is 12.1. The molecule has 0 bridgehead atoms. The summed E-state index contributed by atoms with van der Waals surface area (Å²) in [5, 5.41) is 3.03. The molecule has 1 saturated carbocycles. The van der Waals surface area contributed by atoms with Gasteiger partial charge in [-0.15, -0.1) is 0 Å². The van der Waals surface area contributed by atoms with E-state index in [1.165, 1.54) is 24.0 Å². The fourth-order valence-corrected chi connectivity index (χ4v) is 2.87. The number of nitrogens with zero attached hydrogens (tertiary/aromatic N) is 1. The summed E-state index contributed by atoms with van der Waals surface area (Å²) in [4.78, 5) is 14.6. The van der Waals surface area contributed by atoms with Gasteiger partial charge in [0.2, 0.25) is 5.91 Å². The number of carbonyl (C=O) groups excluding carboxylic acids is 1. The average molecular weight is 338 g/mol. The molecule has 25 heavy (non-hydrogen) atoms. The lowest BCUT2D eigenvalue weighted by Crippen LogP contribution is -2.37. The van der Waals surface area contributed by atoms with E-state index in [1.54, 1.807) is 7.11 Å². The molecular formula is C21H26N2O2. The van der Waals surface area contributed by atoms with Crippen LogP contribution < -0.4 is 10.1 Å². The summed E-state index contributed by atoms with van der Waals surface area (Å²) in [6.45, 7) is 3.89. The van der Waals surface area contributed by atoms with Crippen molar-refractivity contribution in [1.29, 1.82) is 0 Å². The van der Waals surface area contributed by atoms with E-state index in [0.29, 0.717) is 19.1 Å². The summed E-state index contributed by atoms with van der Waals surface area (Å²) in [6.07, 6.45) is 2.36. The van der Waals surface area contributed by atoms with Crippen molar-refractivity contribution in [2.75, 3.05) is 13.7 Å². The van der Waals surface area contributed by atoms with Crippen LogP contribution in [0.15, 0.2) is 48.5 Å². The molecule has 4 heteroatoms. The molecule has 132 valence electrons. The van der Waals surface area contributed by atoms with Gasteiger partial charge in [0.1, 0.15) is 5.75 Å². The van der Waals surface area contributed by atoms with E-state index in [-0.39, 0.29) is 5.91 Å². The molecule has 0 radical (unpaired) electrons. The lowest BCUT2D eigenvalue weighted by molar-refractivity contribution is -0.122. The average Bonchev–Trinajstić information content (AvgIpc) is 3.46. The van der Waals surface area contributed by atoms with Crippen molar-refractivity contribution in [2.24, 2.45) is 0 Å². The maximum atomic E-state index is 12.3. The molecule has 2 aromatic rings. The van der Waals surface area contributed by atoms with E-state index < -0.39 is 0 Å². The van der Waals surface area contributed by atoms with Crippen molar-refractivity contribution in [3.05, 3.63) is 65.2 Å². The highest BCUT2D eigenvalue weighted by Gasteiger charge is 2.30. The molecule has 0 unspecified atom stereocenters. The zero-order valence-electron chi connectivity index (χ0n) is 15.0. The third-order valence-corrected chi connectivity index (χ3v) is 4.56. The molecular weight excluding hydrogens is 312 g/mol. The second-order valence-electron chi connectivity index (χ2n) is 6.75. The van der Waals surface area contributed by atoms with Crippen molar-refractivity contribution in [3.63, 3.8) is 0 Å². The van der Waals surface area contributed by atoms with Crippen LogP contribution in [-0.2, 0) is 17.9 Å². The number of amides is 1. The molecule has 1 N–H and O–H groups in total. The highest BCUT2D eigenvalue weighted by atomic mass is 16.5. The fourth-order valence-electron chi connectivity index (χ4n) is 2.87. The number of ether oxygens (including phenoxy) is 1. The Bertz CT molecular complexity index is 691. The molecule has 1 amide bonds. The second-order valence-corrected chi connectivity index (χ2v) is 6.75. The SMILES string of the molecule is COc1ccc(CN(CC(=O)NCc2ccc(C)cc2)C2CC2)cc1. The second kappa shape index (κ2) is 8.17.